The standard InChI is InChI=1S/C13H25NO5S/c1-2-19-13(16)7-8-20(17,18)14-9-11-5-3-4-6-12(11)10-15/h11-12,14-15H,2-10H2,1H3. The van der Waals surface area contributed by atoms with Crippen molar-refractivity contribution in [3.05, 3.63) is 0 Å². The highest BCUT2D eigenvalue weighted by Crippen LogP contribution is 2.29. The van der Waals surface area contributed by atoms with Crippen molar-refractivity contribution in [1.82, 2.24) is 4.72 Å². The third-order valence-corrected chi connectivity index (χ3v) is 5.09. The Morgan fingerprint density at radius 2 is 1.95 bits per heavy atom. The minimum atomic E-state index is -3.46. The molecule has 0 aliphatic heterocycles. The molecule has 1 aliphatic rings. The smallest absolute Gasteiger partial charge is 0.306 e. The minimum Gasteiger partial charge on any atom is -0.466 e. The number of carbonyl (C=O) groups excluding carboxylic acids is 1. The molecule has 1 saturated carbocycles. The van der Waals surface area contributed by atoms with Gasteiger partial charge < -0.3 is 9.84 Å². The summed E-state index contributed by atoms with van der Waals surface area (Å²) in [5.41, 5.74) is 0. The topological polar surface area (TPSA) is 92.7 Å². The van der Waals surface area contributed by atoms with E-state index in [0.717, 1.165) is 25.7 Å². The van der Waals surface area contributed by atoms with Crippen LogP contribution in [0.3, 0.4) is 0 Å². The van der Waals surface area contributed by atoms with Gasteiger partial charge in [0.2, 0.25) is 10.0 Å². The van der Waals surface area contributed by atoms with Crippen LogP contribution in [0.25, 0.3) is 0 Å². The van der Waals surface area contributed by atoms with E-state index in [4.69, 9.17) is 4.74 Å². The Balaban J connectivity index is 2.36. The molecule has 0 heterocycles. The summed E-state index contributed by atoms with van der Waals surface area (Å²) >= 11 is 0. The van der Waals surface area contributed by atoms with E-state index in [9.17, 15) is 18.3 Å². The van der Waals surface area contributed by atoms with E-state index < -0.39 is 16.0 Å². The molecule has 7 heteroatoms. The SMILES string of the molecule is CCOC(=O)CCS(=O)(=O)NCC1CCCCC1CO. The molecule has 0 aromatic heterocycles. The van der Waals surface area contributed by atoms with Crippen molar-refractivity contribution in [3.8, 4) is 0 Å². The molecular formula is C13H25NO5S. The van der Waals surface area contributed by atoms with Gasteiger partial charge in [0.15, 0.2) is 0 Å². The fourth-order valence-electron chi connectivity index (χ4n) is 2.55. The van der Waals surface area contributed by atoms with Crippen LogP contribution in [0.1, 0.15) is 39.0 Å². The van der Waals surface area contributed by atoms with Crippen LogP contribution < -0.4 is 4.72 Å². The van der Waals surface area contributed by atoms with E-state index in [1.54, 1.807) is 6.92 Å². The summed E-state index contributed by atoms with van der Waals surface area (Å²) < 4.78 is 30.8. The predicted octanol–water partition coefficient (Wildman–Crippen LogP) is 0.658. The molecule has 0 aromatic rings. The van der Waals surface area contributed by atoms with Crippen LogP contribution in [-0.4, -0.2) is 45.0 Å². The fraction of sp³-hybridized carbons (Fsp3) is 0.923. The van der Waals surface area contributed by atoms with Gasteiger partial charge >= 0.3 is 5.97 Å². The molecule has 6 nitrogen and oxygen atoms in total. The van der Waals surface area contributed by atoms with E-state index >= 15 is 0 Å². The zero-order valence-corrected chi connectivity index (χ0v) is 12.8. The molecule has 118 valence electrons. The van der Waals surface area contributed by atoms with Crippen molar-refractivity contribution >= 4 is 16.0 Å². The Morgan fingerprint density at radius 3 is 2.55 bits per heavy atom. The Hall–Kier alpha value is -0.660. The number of sulfonamides is 1. The van der Waals surface area contributed by atoms with Crippen LogP contribution in [0, 0.1) is 11.8 Å². The van der Waals surface area contributed by atoms with E-state index in [0.29, 0.717) is 6.54 Å². The average Bonchev–Trinajstić information content (AvgIpc) is 2.44. The predicted molar refractivity (Wildman–Crippen MR) is 75.6 cm³/mol. The van der Waals surface area contributed by atoms with Crippen molar-refractivity contribution in [3.63, 3.8) is 0 Å². The normalized spacial score (nSPS) is 23.5. The summed E-state index contributed by atoms with van der Waals surface area (Å²) in [6.07, 6.45) is 3.93. The maximum Gasteiger partial charge on any atom is 0.306 e. The minimum absolute atomic E-state index is 0.106. The maximum absolute atomic E-state index is 11.8. The zero-order valence-electron chi connectivity index (χ0n) is 12.0. The molecule has 0 saturated heterocycles. The molecule has 0 spiro atoms. The van der Waals surface area contributed by atoms with Gasteiger partial charge in [-0.1, -0.05) is 12.8 Å². The van der Waals surface area contributed by atoms with Gasteiger partial charge in [-0.05, 0) is 31.6 Å². The van der Waals surface area contributed by atoms with Gasteiger partial charge in [-0.3, -0.25) is 4.79 Å². The molecule has 0 radical (unpaired) electrons. The number of rotatable bonds is 8. The second-order valence-electron chi connectivity index (χ2n) is 5.21. The van der Waals surface area contributed by atoms with Gasteiger partial charge in [-0.15, -0.1) is 0 Å². The van der Waals surface area contributed by atoms with Crippen molar-refractivity contribution in [2.75, 3.05) is 25.5 Å². The van der Waals surface area contributed by atoms with Crippen LogP contribution in [0.2, 0.25) is 0 Å². The summed E-state index contributed by atoms with van der Waals surface area (Å²) in [5, 5.41) is 9.29. The molecule has 2 N–H and O–H groups in total. The van der Waals surface area contributed by atoms with Crippen molar-refractivity contribution in [1.29, 1.82) is 0 Å². The van der Waals surface area contributed by atoms with E-state index in [1.165, 1.54) is 0 Å². The number of aliphatic hydroxyl groups is 1. The lowest BCUT2D eigenvalue weighted by Gasteiger charge is -2.30. The third kappa shape index (κ3) is 6.19. The second kappa shape index (κ2) is 8.59. The highest BCUT2D eigenvalue weighted by molar-refractivity contribution is 7.89. The van der Waals surface area contributed by atoms with Crippen molar-refractivity contribution < 1.29 is 23.1 Å². The first-order chi connectivity index (χ1) is 9.48. The van der Waals surface area contributed by atoms with Crippen LogP contribution in [0.15, 0.2) is 0 Å². The van der Waals surface area contributed by atoms with Gasteiger partial charge in [-0.2, -0.15) is 0 Å². The lowest BCUT2D eigenvalue weighted by atomic mass is 9.80. The van der Waals surface area contributed by atoms with Crippen LogP contribution >= 0.6 is 0 Å². The molecule has 1 rings (SSSR count). The molecule has 20 heavy (non-hydrogen) atoms. The van der Waals surface area contributed by atoms with E-state index in [2.05, 4.69) is 4.72 Å². The van der Waals surface area contributed by atoms with E-state index in [-0.39, 0.29) is 37.2 Å². The van der Waals surface area contributed by atoms with Crippen molar-refractivity contribution in [2.45, 2.75) is 39.0 Å². The van der Waals surface area contributed by atoms with Crippen molar-refractivity contribution in [2.24, 2.45) is 11.8 Å². The second-order valence-corrected chi connectivity index (χ2v) is 7.14. The van der Waals surface area contributed by atoms with Crippen LogP contribution in [0.5, 0.6) is 0 Å². The Kier molecular flexibility index (Phi) is 7.47. The number of aliphatic hydroxyl groups excluding tert-OH is 1. The first-order valence-electron chi connectivity index (χ1n) is 7.22. The maximum atomic E-state index is 11.8. The Bertz CT molecular complexity index is 396. The van der Waals surface area contributed by atoms with Gasteiger partial charge in [0.1, 0.15) is 0 Å². The summed E-state index contributed by atoms with van der Waals surface area (Å²) in [6.45, 7) is 2.39. The number of esters is 1. The molecule has 1 aliphatic carbocycles. The zero-order chi connectivity index (χ0) is 15.0. The quantitative estimate of drug-likeness (QED) is 0.643. The number of hydrogen-bond donors (Lipinski definition) is 2. The summed E-state index contributed by atoms with van der Waals surface area (Å²) in [6, 6.07) is 0. The lowest BCUT2D eigenvalue weighted by Crippen LogP contribution is -2.36. The third-order valence-electron chi connectivity index (χ3n) is 3.75. The number of carbonyl (C=O) groups is 1. The number of ether oxygens (including phenoxy) is 1. The summed E-state index contributed by atoms with van der Waals surface area (Å²) in [4.78, 5) is 11.1. The number of hydrogen-bond acceptors (Lipinski definition) is 5. The molecule has 0 amide bonds. The summed E-state index contributed by atoms with van der Waals surface area (Å²) in [7, 11) is -3.46. The summed E-state index contributed by atoms with van der Waals surface area (Å²) in [5.74, 6) is -0.381. The van der Waals surface area contributed by atoms with Gasteiger partial charge in [0, 0.05) is 13.2 Å². The Labute approximate surface area is 120 Å². The molecule has 2 unspecified atom stereocenters. The highest BCUT2D eigenvalue weighted by Gasteiger charge is 2.25. The van der Waals surface area contributed by atoms with E-state index in [1.807, 2.05) is 0 Å². The first-order valence-corrected chi connectivity index (χ1v) is 8.87. The fourth-order valence-corrected chi connectivity index (χ4v) is 3.60. The molecule has 1 fully saturated rings. The van der Waals surface area contributed by atoms with Gasteiger partial charge in [0.05, 0.1) is 18.8 Å². The molecule has 0 aromatic carbocycles. The highest BCUT2D eigenvalue weighted by atomic mass is 32.2. The molecular weight excluding hydrogens is 282 g/mol. The van der Waals surface area contributed by atoms with Crippen LogP contribution in [-0.2, 0) is 19.6 Å². The van der Waals surface area contributed by atoms with Crippen LogP contribution in [0.4, 0.5) is 0 Å². The first kappa shape index (κ1) is 17.4. The lowest BCUT2D eigenvalue weighted by molar-refractivity contribution is -0.142. The Morgan fingerprint density at radius 1 is 1.30 bits per heavy atom. The van der Waals surface area contributed by atoms with Gasteiger partial charge in [-0.25, -0.2) is 13.1 Å². The molecule has 0 bridgehead atoms. The van der Waals surface area contributed by atoms with Gasteiger partial charge in [0.25, 0.3) is 0 Å². The monoisotopic (exact) mass is 307 g/mol. The average molecular weight is 307 g/mol. The number of nitrogens with one attached hydrogen (secondary N) is 1. The molecule has 2 atom stereocenters. The largest absolute Gasteiger partial charge is 0.466 e.